The first-order valence-electron chi connectivity index (χ1n) is 7.83. The smallest absolute Gasteiger partial charge is 0.279 e. The second-order valence-electron chi connectivity index (χ2n) is 5.69. The minimum atomic E-state index is -3.86. The van der Waals surface area contributed by atoms with Crippen LogP contribution in [0.2, 0.25) is 5.02 Å². The Hall–Kier alpha value is -2.42. The number of hydrogen-bond acceptors (Lipinski definition) is 4. The van der Waals surface area contributed by atoms with Gasteiger partial charge in [-0.15, -0.1) is 11.3 Å². The highest BCUT2D eigenvalue weighted by Gasteiger charge is 2.22. The number of anilines is 1. The van der Waals surface area contributed by atoms with Crippen LogP contribution in [-0.2, 0) is 17.1 Å². The molecule has 0 aliphatic rings. The summed E-state index contributed by atoms with van der Waals surface area (Å²) in [6.07, 6.45) is 1.79. The number of aromatic nitrogens is 1. The Kier molecular flexibility index (Phi) is 5.50. The number of aryl methyl sites for hydroxylation is 1. The second kappa shape index (κ2) is 7.67. The Balaban J connectivity index is 1.97. The van der Waals surface area contributed by atoms with Gasteiger partial charge in [-0.1, -0.05) is 23.7 Å². The van der Waals surface area contributed by atoms with Gasteiger partial charge in [0.2, 0.25) is 0 Å². The third kappa shape index (κ3) is 4.13. The van der Waals surface area contributed by atoms with E-state index in [1.165, 1.54) is 42.6 Å². The minimum Gasteiger partial charge on any atom is -0.327 e. The van der Waals surface area contributed by atoms with Gasteiger partial charge in [0, 0.05) is 36.3 Å². The van der Waals surface area contributed by atoms with Gasteiger partial charge in [-0.25, -0.2) is 8.42 Å². The lowest BCUT2D eigenvalue weighted by Gasteiger charge is -2.20. The molecule has 0 bridgehead atoms. The summed E-state index contributed by atoms with van der Waals surface area (Å²) in [5, 5.41) is 2.24. The van der Waals surface area contributed by atoms with Gasteiger partial charge >= 0.3 is 0 Å². The summed E-state index contributed by atoms with van der Waals surface area (Å²) < 4.78 is 28.7. The molecule has 2 aromatic carbocycles. The average Bonchev–Trinajstić information content (AvgIpc) is 3.05. The van der Waals surface area contributed by atoms with Crippen LogP contribution in [0.3, 0.4) is 0 Å². The Morgan fingerprint density at radius 3 is 2.59 bits per heavy atom. The highest BCUT2D eigenvalue weighted by molar-refractivity contribution is 7.92. The number of carbonyl (C=O) groups excluding carboxylic acids is 1. The van der Waals surface area contributed by atoms with Crippen molar-refractivity contribution in [2.45, 2.75) is 4.90 Å². The molecule has 0 aliphatic carbocycles. The highest BCUT2D eigenvalue weighted by atomic mass is 35.5. The number of rotatable bonds is 4. The molecule has 3 rings (SSSR count). The van der Waals surface area contributed by atoms with Gasteiger partial charge in [-0.3, -0.25) is 9.10 Å². The molecule has 0 radical (unpaired) electrons. The molecule has 0 spiro atoms. The van der Waals surface area contributed by atoms with E-state index in [4.69, 9.17) is 11.6 Å². The maximum absolute atomic E-state index is 12.9. The largest absolute Gasteiger partial charge is 0.327 e. The van der Waals surface area contributed by atoms with Crippen molar-refractivity contribution in [3.63, 3.8) is 0 Å². The summed E-state index contributed by atoms with van der Waals surface area (Å²) in [5.41, 5.74) is 0.624. The van der Waals surface area contributed by atoms with E-state index in [0.717, 1.165) is 4.31 Å². The first-order valence-corrected chi connectivity index (χ1v) is 10.5. The fourth-order valence-corrected chi connectivity index (χ4v) is 4.49. The number of hydrogen-bond donors (Lipinski definition) is 0. The standard InChI is InChI=1S/C18H16ClN3O3S2/c1-21-9-10-26-18(21)20-17(23)13-5-3-8-16(11-13)27(24,25)22(2)15-7-4-6-14(19)12-15/h3-12H,1-2H3. The van der Waals surface area contributed by atoms with Crippen molar-refractivity contribution in [3.05, 3.63) is 75.5 Å². The van der Waals surface area contributed by atoms with E-state index in [0.29, 0.717) is 15.5 Å². The van der Waals surface area contributed by atoms with Crippen molar-refractivity contribution in [2.24, 2.45) is 12.0 Å². The van der Waals surface area contributed by atoms with Gasteiger partial charge in [0.1, 0.15) is 0 Å². The molecular formula is C18H16ClN3O3S2. The molecule has 9 heteroatoms. The zero-order chi connectivity index (χ0) is 19.6. The van der Waals surface area contributed by atoms with Crippen LogP contribution in [0, 0.1) is 0 Å². The molecule has 6 nitrogen and oxygen atoms in total. The number of halogens is 1. The van der Waals surface area contributed by atoms with E-state index in [1.807, 2.05) is 5.38 Å². The number of carbonyl (C=O) groups is 1. The fourth-order valence-electron chi connectivity index (χ4n) is 2.34. The first-order chi connectivity index (χ1) is 12.8. The van der Waals surface area contributed by atoms with Crippen LogP contribution in [0.5, 0.6) is 0 Å². The molecule has 0 atom stereocenters. The lowest BCUT2D eigenvalue weighted by Crippen LogP contribution is -2.26. The zero-order valence-corrected chi connectivity index (χ0v) is 16.9. The molecule has 1 amide bonds. The van der Waals surface area contributed by atoms with E-state index in [-0.39, 0.29) is 10.5 Å². The van der Waals surface area contributed by atoms with Crippen LogP contribution in [0.1, 0.15) is 10.4 Å². The maximum Gasteiger partial charge on any atom is 0.279 e. The van der Waals surface area contributed by atoms with Crippen molar-refractivity contribution in [3.8, 4) is 0 Å². The van der Waals surface area contributed by atoms with Crippen molar-refractivity contribution in [2.75, 3.05) is 11.4 Å². The highest BCUT2D eigenvalue weighted by Crippen LogP contribution is 2.25. The van der Waals surface area contributed by atoms with E-state index >= 15 is 0 Å². The van der Waals surface area contributed by atoms with Gasteiger partial charge in [-0.05, 0) is 36.4 Å². The Morgan fingerprint density at radius 2 is 1.93 bits per heavy atom. The summed E-state index contributed by atoms with van der Waals surface area (Å²) in [4.78, 5) is 17.0. The Labute approximate surface area is 166 Å². The molecule has 0 saturated heterocycles. The van der Waals surface area contributed by atoms with E-state index in [9.17, 15) is 13.2 Å². The number of sulfonamides is 1. The van der Waals surface area contributed by atoms with Crippen LogP contribution in [0.15, 0.2) is 70.0 Å². The van der Waals surface area contributed by atoms with E-state index in [1.54, 1.807) is 42.1 Å². The third-order valence-corrected chi connectivity index (χ3v) is 6.73. The number of nitrogens with zero attached hydrogens (tertiary/aromatic N) is 3. The Bertz CT molecular complexity index is 1170. The molecule has 0 saturated carbocycles. The third-order valence-electron chi connectivity index (χ3n) is 3.87. The van der Waals surface area contributed by atoms with Gasteiger partial charge in [0.15, 0.2) is 4.80 Å². The normalized spacial score (nSPS) is 12.2. The molecule has 0 unspecified atom stereocenters. The van der Waals surface area contributed by atoms with Crippen LogP contribution in [-0.4, -0.2) is 25.9 Å². The molecule has 0 aliphatic heterocycles. The predicted octanol–water partition coefficient (Wildman–Crippen LogP) is 3.31. The van der Waals surface area contributed by atoms with Crippen molar-refractivity contribution >= 4 is 44.6 Å². The average molecular weight is 422 g/mol. The number of thiazole rings is 1. The molecule has 27 heavy (non-hydrogen) atoms. The molecule has 0 fully saturated rings. The fraction of sp³-hybridized carbons (Fsp3) is 0.111. The molecule has 3 aromatic rings. The lowest BCUT2D eigenvalue weighted by atomic mass is 10.2. The molecule has 0 N–H and O–H groups in total. The SMILES string of the molecule is CN(c1cccc(Cl)c1)S(=O)(=O)c1cccc(C(=O)N=c2sccn2C)c1. The van der Waals surface area contributed by atoms with Crippen molar-refractivity contribution in [1.82, 2.24) is 4.57 Å². The van der Waals surface area contributed by atoms with Crippen LogP contribution in [0.4, 0.5) is 5.69 Å². The van der Waals surface area contributed by atoms with E-state index < -0.39 is 15.9 Å². The van der Waals surface area contributed by atoms with Gasteiger partial charge in [-0.2, -0.15) is 4.99 Å². The van der Waals surface area contributed by atoms with Crippen LogP contribution in [0.25, 0.3) is 0 Å². The van der Waals surface area contributed by atoms with E-state index in [2.05, 4.69) is 4.99 Å². The summed E-state index contributed by atoms with van der Waals surface area (Å²) in [6, 6.07) is 12.4. The zero-order valence-electron chi connectivity index (χ0n) is 14.5. The topological polar surface area (TPSA) is 71.7 Å². The molecule has 140 valence electrons. The van der Waals surface area contributed by atoms with Gasteiger partial charge in [0.05, 0.1) is 10.6 Å². The molecule has 1 aromatic heterocycles. The van der Waals surface area contributed by atoms with Crippen LogP contribution >= 0.6 is 22.9 Å². The predicted molar refractivity (Wildman–Crippen MR) is 107 cm³/mol. The Morgan fingerprint density at radius 1 is 1.19 bits per heavy atom. The number of amides is 1. The second-order valence-corrected chi connectivity index (χ2v) is 8.97. The van der Waals surface area contributed by atoms with Gasteiger partial charge in [0.25, 0.3) is 15.9 Å². The first kappa shape index (κ1) is 19.3. The summed E-state index contributed by atoms with van der Waals surface area (Å²) in [5.74, 6) is -0.504. The van der Waals surface area contributed by atoms with Crippen molar-refractivity contribution in [1.29, 1.82) is 0 Å². The lowest BCUT2D eigenvalue weighted by molar-refractivity contribution is 0.0997. The van der Waals surface area contributed by atoms with Crippen molar-refractivity contribution < 1.29 is 13.2 Å². The molecular weight excluding hydrogens is 406 g/mol. The van der Waals surface area contributed by atoms with Crippen LogP contribution < -0.4 is 9.11 Å². The monoisotopic (exact) mass is 421 g/mol. The summed E-state index contributed by atoms with van der Waals surface area (Å²) in [7, 11) is -0.640. The quantitative estimate of drug-likeness (QED) is 0.648. The summed E-state index contributed by atoms with van der Waals surface area (Å²) in [6.45, 7) is 0. The number of benzene rings is 2. The minimum absolute atomic E-state index is 0.00146. The van der Waals surface area contributed by atoms with Gasteiger partial charge < -0.3 is 4.57 Å². The summed E-state index contributed by atoms with van der Waals surface area (Å²) >= 11 is 7.27. The maximum atomic E-state index is 12.9. The molecule has 1 heterocycles.